The zero-order valence-corrected chi connectivity index (χ0v) is 17.3. The van der Waals surface area contributed by atoms with Gasteiger partial charge in [-0.05, 0) is 35.9 Å². The zero-order chi connectivity index (χ0) is 21.3. The van der Waals surface area contributed by atoms with E-state index in [1.165, 1.54) is 34.6 Å². The molecule has 7 nitrogen and oxygen atoms in total. The maximum absolute atomic E-state index is 12.5. The highest BCUT2D eigenvalue weighted by atomic mass is 32.2. The van der Waals surface area contributed by atoms with E-state index < -0.39 is 15.9 Å². The molecule has 154 valence electrons. The van der Waals surface area contributed by atoms with E-state index in [0.717, 1.165) is 5.56 Å². The van der Waals surface area contributed by atoms with Gasteiger partial charge in [-0.3, -0.25) is 9.59 Å². The molecule has 2 rings (SSSR count). The molecular formula is C21H25N3O4S. The van der Waals surface area contributed by atoms with Crippen molar-refractivity contribution in [3.8, 4) is 0 Å². The Bertz CT molecular complexity index is 951. The molecule has 2 aromatic rings. The molecule has 0 atom stereocenters. The average Bonchev–Trinajstić information content (AvgIpc) is 2.72. The van der Waals surface area contributed by atoms with Crippen LogP contribution in [0, 0.1) is 0 Å². The van der Waals surface area contributed by atoms with E-state index >= 15 is 0 Å². The molecule has 0 heterocycles. The second-order valence-corrected chi connectivity index (χ2v) is 8.06. The van der Waals surface area contributed by atoms with Gasteiger partial charge in [-0.25, -0.2) is 8.42 Å². The Morgan fingerprint density at radius 3 is 2.17 bits per heavy atom. The third-order valence-electron chi connectivity index (χ3n) is 4.13. The van der Waals surface area contributed by atoms with Gasteiger partial charge in [0, 0.05) is 24.9 Å². The third kappa shape index (κ3) is 6.55. The maximum Gasteiger partial charge on any atom is 0.244 e. The first-order valence-corrected chi connectivity index (χ1v) is 10.7. The molecule has 0 saturated carbocycles. The first-order chi connectivity index (χ1) is 13.9. The fourth-order valence-corrected chi connectivity index (χ4v) is 4.05. The first kappa shape index (κ1) is 22.3. The minimum atomic E-state index is -3.54. The number of anilines is 1. The molecule has 0 spiro atoms. The molecule has 29 heavy (non-hydrogen) atoms. The molecular weight excluding hydrogens is 390 g/mol. The highest BCUT2D eigenvalue weighted by molar-refractivity contribution is 7.89. The van der Waals surface area contributed by atoms with Crippen molar-refractivity contribution in [2.45, 2.75) is 18.7 Å². The highest BCUT2D eigenvalue weighted by Gasteiger charge is 2.21. The molecule has 0 fully saturated rings. The Morgan fingerprint density at radius 2 is 1.59 bits per heavy atom. The van der Waals surface area contributed by atoms with Gasteiger partial charge in [0.25, 0.3) is 0 Å². The smallest absolute Gasteiger partial charge is 0.244 e. The Hall–Kier alpha value is -2.97. The zero-order valence-electron chi connectivity index (χ0n) is 16.5. The number of carbonyl (C=O) groups is 2. The summed E-state index contributed by atoms with van der Waals surface area (Å²) in [6.07, 6.45) is 3.01. The summed E-state index contributed by atoms with van der Waals surface area (Å²) < 4.78 is 26.3. The van der Waals surface area contributed by atoms with Crippen LogP contribution in [0.2, 0.25) is 0 Å². The van der Waals surface area contributed by atoms with Crippen molar-refractivity contribution in [1.29, 1.82) is 0 Å². The minimum Gasteiger partial charge on any atom is -0.343 e. The predicted molar refractivity (Wildman–Crippen MR) is 114 cm³/mol. The summed E-state index contributed by atoms with van der Waals surface area (Å²) in [5.74, 6) is -0.796. The standard InChI is InChI=1S/C21H25N3O4S/c1-3-24(4-2)29(27,28)19-13-11-18(12-14-19)23-21(26)16-22-20(25)15-10-17-8-6-5-7-9-17/h5-15H,3-4,16H2,1-2H3,(H,22,25)(H,23,26)/b15-10+. The summed E-state index contributed by atoms with van der Waals surface area (Å²) in [5, 5.41) is 5.12. The van der Waals surface area contributed by atoms with E-state index in [-0.39, 0.29) is 17.3 Å². The van der Waals surface area contributed by atoms with Crippen LogP contribution in [0.5, 0.6) is 0 Å². The summed E-state index contributed by atoms with van der Waals surface area (Å²) in [4.78, 5) is 24.0. The normalized spacial score (nSPS) is 11.6. The highest BCUT2D eigenvalue weighted by Crippen LogP contribution is 2.18. The summed E-state index contributed by atoms with van der Waals surface area (Å²) in [6, 6.07) is 15.3. The van der Waals surface area contributed by atoms with Crippen molar-refractivity contribution in [3.63, 3.8) is 0 Å². The van der Waals surface area contributed by atoms with E-state index in [4.69, 9.17) is 0 Å². The molecule has 8 heteroatoms. The number of hydrogen-bond acceptors (Lipinski definition) is 4. The number of nitrogens with one attached hydrogen (secondary N) is 2. The van der Waals surface area contributed by atoms with E-state index in [1.54, 1.807) is 19.9 Å². The number of nitrogens with zero attached hydrogens (tertiary/aromatic N) is 1. The van der Waals surface area contributed by atoms with Crippen molar-refractivity contribution >= 4 is 33.6 Å². The van der Waals surface area contributed by atoms with Crippen LogP contribution in [0.1, 0.15) is 19.4 Å². The fraction of sp³-hybridized carbons (Fsp3) is 0.238. The predicted octanol–water partition coefficient (Wildman–Crippen LogP) is 2.49. The summed E-state index contributed by atoms with van der Waals surface area (Å²) >= 11 is 0. The van der Waals surface area contributed by atoms with Gasteiger partial charge in [-0.1, -0.05) is 44.2 Å². The van der Waals surface area contributed by atoms with E-state index in [9.17, 15) is 18.0 Å². The molecule has 0 aliphatic heterocycles. The van der Waals surface area contributed by atoms with Crippen LogP contribution in [0.3, 0.4) is 0 Å². The van der Waals surface area contributed by atoms with Crippen LogP contribution in [-0.2, 0) is 19.6 Å². The van der Waals surface area contributed by atoms with Crippen LogP contribution in [-0.4, -0.2) is 44.2 Å². The lowest BCUT2D eigenvalue weighted by Crippen LogP contribution is -2.32. The van der Waals surface area contributed by atoms with E-state index in [1.807, 2.05) is 30.3 Å². The van der Waals surface area contributed by atoms with Crippen molar-refractivity contribution in [1.82, 2.24) is 9.62 Å². The van der Waals surface area contributed by atoms with Gasteiger partial charge in [-0.2, -0.15) is 4.31 Å². The van der Waals surface area contributed by atoms with Crippen LogP contribution in [0.4, 0.5) is 5.69 Å². The van der Waals surface area contributed by atoms with Gasteiger partial charge in [0.1, 0.15) is 0 Å². The van der Waals surface area contributed by atoms with Crippen molar-refractivity contribution in [2.75, 3.05) is 25.0 Å². The summed E-state index contributed by atoms with van der Waals surface area (Å²) in [6.45, 7) is 4.13. The van der Waals surface area contributed by atoms with Crippen LogP contribution in [0.25, 0.3) is 6.08 Å². The largest absolute Gasteiger partial charge is 0.343 e. The van der Waals surface area contributed by atoms with Crippen molar-refractivity contribution in [2.24, 2.45) is 0 Å². The lowest BCUT2D eigenvalue weighted by atomic mass is 10.2. The molecule has 0 unspecified atom stereocenters. The number of sulfonamides is 1. The minimum absolute atomic E-state index is 0.165. The molecule has 0 saturated heterocycles. The van der Waals surface area contributed by atoms with E-state index in [2.05, 4.69) is 10.6 Å². The fourth-order valence-electron chi connectivity index (χ4n) is 2.59. The van der Waals surface area contributed by atoms with Gasteiger partial charge in [0.15, 0.2) is 0 Å². The average molecular weight is 416 g/mol. The van der Waals surface area contributed by atoms with Gasteiger partial charge < -0.3 is 10.6 Å². The van der Waals surface area contributed by atoms with Crippen molar-refractivity contribution in [3.05, 3.63) is 66.2 Å². The Morgan fingerprint density at radius 1 is 0.966 bits per heavy atom. The topological polar surface area (TPSA) is 95.6 Å². The summed E-state index contributed by atoms with van der Waals surface area (Å²) in [5.41, 5.74) is 1.33. The molecule has 0 aliphatic carbocycles. The number of hydrogen-bond donors (Lipinski definition) is 2. The second kappa shape index (κ2) is 10.5. The number of rotatable bonds is 9. The Labute approximate surface area is 171 Å². The molecule has 2 N–H and O–H groups in total. The molecule has 0 radical (unpaired) electrons. The Kier molecular flexibility index (Phi) is 8.11. The number of amides is 2. The second-order valence-electron chi connectivity index (χ2n) is 6.12. The monoisotopic (exact) mass is 415 g/mol. The van der Waals surface area contributed by atoms with Crippen LogP contribution in [0.15, 0.2) is 65.6 Å². The third-order valence-corrected chi connectivity index (χ3v) is 6.20. The lowest BCUT2D eigenvalue weighted by molar-refractivity contribution is -0.121. The molecule has 0 aliphatic rings. The van der Waals surface area contributed by atoms with Gasteiger partial charge >= 0.3 is 0 Å². The van der Waals surface area contributed by atoms with Crippen molar-refractivity contribution < 1.29 is 18.0 Å². The lowest BCUT2D eigenvalue weighted by Gasteiger charge is -2.18. The van der Waals surface area contributed by atoms with Gasteiger partial charge in [0.2, 0.25) is 21.8 Å². The van der Waals surface area contributed by atoms with E-state index in [0.29, 0.717) is 18.8 Å². The Balaban J connectivity index is 1.88. The molecule has 2 amide bonds. The molecule has 0 bridgehead atoms. The number of benzene rings is 2. The SMILES string of the molecule is CCN(CC)S(=O)(=O)c1ccc(NC(=O)CNC(=O)/C=C/c2ccccc2)cc1. The number of carbonyl (C=O) groups excluding carboxylic acids is 2. The van der Waals surface area contributed by atoms with Crippen LogP contribution < -0.4 is 10.6 Å². The quantitative estimate of drug-likeness (QED) is 0.615. The van der Waals surface area contributed by atoms with Gasteiger partial charge in [0.05, 0.1) is 11.4 Å². The molecule has 0 aromatic heterocycles. The molecule has 2 aromatic carbocycles. The van der Waals surface area contributed by atoms with Gasteiger partial charge in [-0.15, -0.1) is 0 Å². The first-order valence-electron chi connectivity index (χ1n) is 9.27. The van der Waals surface area contributed by atoms with Crippen LogP contribution >= 0.6 is 0 Å². The summed E-state index contributed by atoms with van der Waals surface area (Å²) in [7, 11) is -3.54. The maximum atomic E-state index is 12.5.